The fraction of sp³-hybridized carbons (Fsp3) is 0.455. The third-order valence-corrected chi connectivity index (χ3v) is 2.92. The molecule has 1 aromatic heterocycles. The standard InChI is InChI=1S/C11H13BrN2/c1-4-5-9-7(2)10(6-13)11(12)14-8(9)3/h4-5H2,1-3H3. The zero-order valence-electron chi connectivity index (χ0n) is 8.69. The molecule has 0 aromatic carbocycles. The van der Waals surface area contributed by atoms with Crippen LogP contribution in [0.4, 0.5) is 0 Å². The molecule has 0 amide bonds. The van der Waals surface area contributed by atoms with E-state index in [4.69, 9.17) is 5.26 Å². The van der Waals surface area contributed by atoms with Crippen molar-refractivity contribution in [1.82, 2.24) is 4.98 Å². The Kier molecular flexibility index (Phi) is 3.65. The van der Waals surface area contributed by atoms with E-state index in [2.05, 4.69) is 33.9 Å². The molecule has 0 bridgehead atoms. The van der Waals surface area contributed by atoms with Crippen LogP contribution in [0.5, 0.6) is 0 Å². The van der Waals surface area contributed by atoms with Gasteiger partial charge in [-0.3, -0.25) is 0 Å². The molecule has 0 saturated carbocycles. The van der Waals surface area contributed by atoms with E-state index in [1.54, 1.807) is 0 Å². The predicted octanol–water partition coefficient (Wildman–Crippen LogP) is 3.29. The molecule has 1 aromatic rings. The summed E-state index contributed by atoms with van der Waals surface area (Å²) in [5.74, 6) is 0. The Balaban J connectivity index is 3.38. The molecule has 2 nitrogen and oxygen atoms in total. The number of hydrogen-bond acceptors (Lipinski definition) is 2. The largest absolute Gasteiger partial charge is 0.245 e. The van der Waals surface area contributed by atoms with Gasteiger partial charge in [-0.05, 0) is 47.3 Å². The van der Waals surface area contributed by atoms with Gasteiger partial charge in [0.25, 0.3) is 0 Å². The lowest BCUT2D eigenvalue weighted by Gasteiger charge is -2.10. The van der Waals surface area contributed by atoms with Gasteiger partial charge in [0.15, 0.2) is 0 Å². The number of aryl methyl sites for hydroxylation is 1. The van der Waals surface area contributed by atoms with Crippen LogP contribution in [-0.4, -0.2) is 4.98 Å². The number of pyridine rings is 1. The van der Waals surface area contributed by atoms with Crippen molar-refractivity contribution >= 4 is 15.9 Å². The van der Waals surface area contributed by atoms with Crippen molar-refractivity contribution in [3.05, 3.63) is 27.0 Å². The van der Waals surface area contributed by atoms with Gasteiger partial charge in [-0.1, -0.05) is 13.3 Å². The second-order valence-corrected chi connectivity index (χ2v) is 4.08. The normalized spacial score (nSPS) is 9.93. The summed E-state index contributed by atoms with van der Waals surface area (Å²) in [7, 11) is 0. The topological polar surface area (TPSA) is 36.7 Å². The molecular weight excluding hydrogens is 240 g/mol. The lowest BCUT2D eigenvalue weighted by Crippen LogP contribution is -2.01. The minimum atomic E-state index is 0.662. The minimum absolute atomic E-state index is 0.662. The number of nitriles is 1. The maximum Gasteiger partial charge on any atom is 0.124 e. The van der Waals surface area contributed by atoms with Crippen LogP contribution in [-0.2, 0) is 6.42 Å². The Morgan fingerprint density at radius 3 is 2.57 bits per heavy atom. The first-order chi connectivity index (χ1) is 6.61. The number of halogens is 1. The molecule has 0 saturated heterocycles. The Bertz CT molecular complexity index is 391. The molecule has 0 aliphatic rings. The fourth-order valence-corrected chi connectivity index (χ4v) is 2.25. The molecule has 0 radical (unpaired) electrons. The smallest absolute Gasteiger partial charge is 0.124 e. The van der Waals surface area contributed by atoms with E-state index < -0.39 is 0 Å². The molecule has 3 heteroatoms. The maximum atomic E-state index is 8.96. The van der Waals surface area contributed by atoms with Crippen molar-refractivity contribution in [2.75, 3.05) is 0 Å². The van der Waals surface area contributed by atoms with Gasteiger partial charge in [0.05, 0.1) is 5.56 Å². The molecule has 0 spiro atoms. The Hall–Kier alpha value is -0.880. The number of aromatic nitrogens is 1. The lowest BCUT2D eigenvalue weighted by molar-refractivity contribution is 0.882. The van der Waals surface area contributed by atoms with Gasteiger partial charge in [-0.2, -0.15) is 5.26 Å². The van der Waals surface area contributed by atoms with Gasteiger partial charge < -0.3 is 0 Å². The van der Waals surface area contributed by atoms with E-state index in [0.29, 0.717) is 10.2 Å². The Labute approximate surface area is 93.1 Å². The highest BCUT2D eigenvalue weighted by atomic mass is 79.9. The van der Waals surface area contributed by atoms with E-state index in [1.165, 1.54) is 5.56 Å². The molecule has 0 aliphatic heterocycles. The number of nitrogens with zero attached hydrogens (tertiary/aromatic N) is 2. The average molecular weight is 253 g/mol. The van der Waals surface area contributed by atoms with Crippen LogP contribution < -0.4 is 0 Å². The average Bonchev–Trinajstić information content (AvgIpc) is 2.12. The fourth-order valence-electron chi connectivity index (χ4n) is 1.60. The van der Waals surface area contributed by atoms with E-state index in [9.17, 15) is 0 Å². The van der Waals surface area contributed by atoms with Gasteiger partial charge in [-0.15, -0.1) is 0 Å². The summed E-state index contributed by atoms with van der Waals surface area (Å²) in [4.78, 5) is 4.32. The summed E-state index contributed by atoms with van der Waals surface area (Å²) >= 11 is 3.31. The summed E-state index contributed by atoms with van der Waals surface area (Å²) in [5, 5.41) is 8.96. The van der Waals surface area contributed by atoms with Crippen LogP contribution in [0.2, 0.25) is 0 Å². The zero-order valence-corrected chi connectivity index (χ0v) is 10.3. The summed E-state index contributed by atoms with van der Waals surface area (Å²) in [6, 6.07) is 2.18. The van der Waals surface area contributed by atoms with Crippen molar-refractivity contribution in [1.29, 1.82) is 5.26 Å². The van der Waals surface area contributed by atoms with Crippen LogP contribution >= 0.6 is 15.9 Å². The molecule has 0 N–H and O–H groups in total. The van der Waals surface area contributed by atoms with Crippen molar-refractivity contribution in [2.24, 2.45) is 0 Å². The highest BCUT2D eigenvalue weighted by Gasteiger charge is 2.11. The van der Waals surface area contributed by atoms with Gasteiger partial charge in [0.2, 0.25) is 0 Å². The quantitative estimate of drug-likeness (QED) is 0.758. The SMILES string of the molecule is CCCc1c(C)nc(Br)c(C#N)c1C. The number of hydrogen-bond donors (Lipinski definition) is 0. The second-order valence-electron chi connectivity index (χ2n) is 3.33. The second kappa shape index (κ2) is 4.56. The third-order valence-electron chi connectivity index (χ3n) is 2.35. The molecule has 0 aliphatic carbocycles. The molecule has 1 rings (SSSR count). The molecular formula is C11H13BrN2. The van der Waals surface area contributed by atoms with Crippen LogP contribution in [0.15, 0.2) is 4.60 Å². The van der Waals surface area contributed by atoms with Crippen LogP contribution in [0.25, 0.3) is 0 Å². The molecule has 1 heterocycles. The first kappa shape index (κ1) is 11.2. The van der Waals surface area contributed by atoms with E-state index in [-0.39, 0.29) is 0 Å². The third kappa shape index (κ3) is 1.96. The van der Waals surface area contributed by atoms with Crippen molar-refractivity contribution < 1.29 is 0 Å². The highest BCUT2D eigenvalue weighted by Crippen LogP contribution is 2.23. The lowest BCUT2D eigenvalue weighted by atomic mass is 10.00. The molecule has 0 fully saturated rings. The molecule has 0 atom stereocenters. The van der Waals surface area contributed by atoms with Gasteiger partial charge in [-0.25, -0.2) is 4.98 Å². The summed E-state index contributed by atoms with van der Waals surface area (Å²) in [6.45, 7) is 6.11. The molecule has 0 unspecified atom stereocenters. The van der Waals surface area contributed by atoms with Gasteiger partial charge in [0, 0.05) is 5.69 Å². The van der Waals surface area contributed by atoms with Crippen molar-refractivity contribution in [3.8, 4) is 6.07 Å². The zero-order chi connectivity index (χ0) is 10.7. The Morgan fingerprint density at radius 1 is 1.43 bits per heavy atom. The maximum absolute atomic E-state index is 8.96. The van der Waals surface area contributed by atoms with Gasteiger partial charge in [0.1, 0.15) is 10.7 Å². The van der Waals surface area contributed by atoms with Crippen molar-refractivity contribution in [2.45, 2.75) is 33.6 Å². The van der Waals surface area contributed by atoms with E-state index >= 15 is 0 Å². The molecule has 14 heavy (non-hydrogen) atoms. The molecule has 74 valence electrons. The first-order valence-electron chi connectivity index (χ1n) is 4.67. The monoisotopic (exact) mass is 252 g/mol. The van der Waals surface area contributed by atoms with Crippen LogP contribution in [0, 0.1) is 25.2 Å². The summed E-state index contributed by atoms with van der Waals surface area (Å²) < 4.78 is 0.662. The van der Waals surface area contributed by atoms with Crippen LogP contribution in [0.1, 0.15) is 35.7 Å². The predicted molar refractivity (Wildman–Crippen MR) is 60.1 cm³/mol. The van der Waals surface area contributed by atoms with Gasteiger partial charge >= 0.3 is 0 Å². The van der Waals surface area contributed by atoms with E-state index in [0.717, 1.165) is 24.1 Å². The van der Waals surface area contributed by atoms with Crippen LogP contribution in [0.3, 0.4) is 0 Å². The van der Waals surface area contributed by atoms with Crippen molar-refractivity contribution in [3.63, 3.8) is 0 Å². The number of rotatable bonds is 2. The summed E-state index contributed by atoms with van der Waals surface area (Å²) in [6.07, 6.45) is 2.07. The summed E-state index contributed by atoms with van der Waals surface area (Å²) in [5.41, 5.74) is 3.97. The Morgan fingerprint density at radius 2 is 2.07 bits per heavy atom. The van der Waals surface area contributed by atoms with E-state index in [1.807, 2.05) is 13.8 Å². The first-order valence-corrected chi connectivity index (χ1v) is 5.46. The highest BCUT2D eigenvalue weighted by molar-refractivity contribution is 9.10. The minimum Gasteiger partial charge on any atom is -0.245 e.